The van der Waals surface area contributed by atoms with Gasteiger partial charge >= 0.3 is 0 Å². The van der Waals surface area contributed by atoms with Gasteiger partial charge in [-0.25, -0.2) is 0 Å². The van der Waals surface area contributed by atoms with Crippen molar-refractivity contribution < 1.29 is 9.59 Å². The van der Waals surface area contributed by atoms with Gasteiger partial charge in [0.2, 0.25) is 0 Å². The van der Waals surface area contributed by atoms with E-state index in [0.29, 0.717) is 21.8 Å². The van der Waals surface area contributed by atoms with Crippen molar-refractivity contribution in [3.63, 3.8) is 0 Å². The third kappa shape index (κ3) is 4.16. The van der Waals surface area contributed by atoms with Crippen LogP contribution in [0.4, 0.5) is 0 Å². The highest BCUT2D eigenvalue weighted by molar-refractivity contribution is 6.38. The number of carbonyl (C=O) groups excluding carboxylic acids is 2. The summed E-state index contributed by atoms with van der Waals surface area (Å²) in [4.78, 5) is 23.8. The number of amides is 1. The van der Waals surface area contributed by atoms with Crippen molar-refractivity contribution in [1.82, 2.24) is 25.3 Å². The lowest BCUT2D eigenvalue weighted by atomic mass is 9.58. The molecule has 0 saturated heterocycles. The SMILES string of the molecule is [B]C([B])([C@H](C)NC(=O)c1cc(C(C)=O)n[nH]1)n1ccc(-c2ccc(C#N)c(Cl)c2)n1. The number of nitrogens with zero attached hydrogens (tertiary/aromatic N) is 4. The molecule has 3 aromatic rings. The van der Waals surface area contributed by atoms with Crippen LogP contribution >= 0.6 is 11.6 Å². The van der Waals surface area contributed by atoms with Gasteiger partial charge in [0.15, 0.2) is 5.78 Å². The van der Waals surface area contributed by atoms with E-state index in [1.54, 1.807) is 37.4 Å². The molecule has 0 bridgehead atoms. The number of halogens is 1. The first-order chi connectivity index (χ1) is 14.1. The Morgan fingerprint density at radius 3 is 2.67 bits per heavy atom. The molecule has 1 aromatic carbocycles. The fourth-order valence-electron chi connectivity index (χ4n) is 2.67. The van der Waals surface area contributed by atoms with Gasteiger partial charge in [0, 0.05) is 30.1 Å². The van der Waals surface area contributed by atoms with Gasteiger partial charge in [-0.3, -0.25) is 19.4 Å². The summed E-state index contributed by atoms with van der Waals surface area (Å²) >= 11 is 6.08. The number of ketones is 1. The Balaban J connectivity index is 1.77. The van der Waals surface area contributed by atoms with Gasteiger partial charge in [0.25, 0.3) is 5.91 Å². The van der Waals surface area contributed by atoms with Gasteiger partial charge < -0.3 is 5.32 Å². The van der Waals surface area contributed by atoms with Crippen LogP contribution in [0.25, 0.3) is 11.3 Å². The van der Waals surface area contributed by atoms with E-state index in [1.165, 1.54) is 17.7 Å². The molecule has 1 amide bonds. The molecule has 2 N–H and O–H groups in total. The second kappa shape index (κ2) is 8.20. The zero-order valence-electron chi connectivity index (χ0n) is 16.2. The Morgan fingerprint density at radius 2 is 2.07 bits per heavy atom. The Labute approximate surface area is 180 Å². The summed E-state index contributed by atoms with van der Waals surface area (Å²) in [5, 5.41) is 21.1. The van der Waals surface area contributed by atoms with Gasteiger partial charge in [-0.15, -0.1) is 0 Å². The number of benzene rings is 1. The lowest BCUT2D eigenvalue weighted by Gasteiger charge is -2.34. The molecular weight excluding hydrogens is 401 g/mol. The van der Waals surface area contributed by atoms with Crippen LogP contribution in [0.15, 0.2) is 36.5 Å². The maximum Gasteiger partial charge on any atom is 0.269 e. The Morgan fingerprint density at radius 1 is 1.33 bits per heavy atom. The predicted molar refractivity (Wildman–Crippen MR) is 112 cm³/mol. The van der Waals surface area contributed by atoms with E-state index in [2.05, 4.69) is 20.6 Å². The first-order valence-corrected chi connectivity index (χ1v) is 9.22. The molecule has 8 nitrogen and oxygen atoms in total. The van der Waals surface area contributed by atoms with Crippen LogP contribution in [0.3, 0.4) is 0 Å². The van der Waals surface area contributed by atoms with Gasteiger partial charge in [0.1, 0.15) is 17.5 Å². The van der Waals surface area contributed by atoms with Crippen molar-refractivity contribution in [3.8, 4) is 17.3 Å². The van der Waals surface area contributed by atoms with Gasteiger partial charge in [0.05, 0.1) is 32.0 Å². The number of hydrogen-bond donors (Lipinski definition) is 2. The van der Waals surface area contributed by atoms with Crippen LogP contribution in [0.5, 0.6) is 0 Å². The molecule has 0 spiro atoms. The molecule has 146 valence electrons. The summed E-state index contributed by atoms with van der Waals surface area (Å²) in [6.45, 7) is 2.97. The van der Waals surface area contributed by atoms with Crippen molar-refractivity contribution >= 4 is 39.0 Å². The number of nitriles is 1. The fraction of sp³-hybridized carbons (Fsp3) is 0.211. The molecular formula is C19H15B2ClN6O2. The first-order valence-electron chi connectivity index (χ1n) is 8.84. The van der Waals surface area contributed by atoms with Gasteiger partial charge in [-0.05, 0) is 31.2 Å². The molecule has 4 radical (unpaired) electrons. The molecule has 30 heavy (non-hydrogen) atoms. The lowest BCUT2D eigenvalue weighted by molar-refractivity contribution is 0.0924. The smallest absolute Gasteiger partial charge is 0.269 e. The number of H-pyrrole nitrogens is 1. The van der Waals surface area contributed by atoms with Crippen LogP contribution < -0.4 is 5.32 Å². The molecule has 1 atom stereocenters. The van der Waals surface area contributed by atoms with Crippen molar-refractivity contribution in [1.29, 1.82) is 5.26 Å². The van der Waals surface area contributed by atoms with Crippen LogP contribution in [0.2, 0.25) is 5.02 Å². The minimum atomic E-state index is -1.56. The molecule has 0 aliphatic heterocycles. The van der Waals surface area contributed by atoms with E-state index >= 15 is 0 Å². The predicted octanol–water partition coefficient (Wildman–Crippen LogP) is 1.77. The monoisotopic (exact) mass is 416 g/mol. The highest BCUT2D eigenvalue weighted by Gasteiger charge is 2.30. The van der Waals surface area contributed by atoms with Crippen molar-refractivity contribution in [2.24, 2.45) is 0 Å². The minimum Gasteiger partial charge on any atom is -0.347 e. The van der Waals surface area contributed by atoms with Gasteiger partial charge in [-0.2, -0.15) is 15.5 Å². The van der Waals surface area contributed by atoms with Crippen LogP contribution in [-0.2, 0) is 5.34 Å². The normalized spacial score (nSPS) is 12.2. The highest BCUT2D eigenvalue weighted by Crippen LogP contribution is 2.25. The van der Waals surface area contributed by atoms with E-state index in [-0.39, 0.29) is 17.2 Å². The second-order valence-corrected chi connectivity index (χ2v) is 7.16. The maximum absolute atomic E-state index is 12.4. The number of aromatic amines is 1. The fourth-order valence-corrected chi connectivity index (χ4v) is 2.89. The summed E-state index contributed by atoms with van der Waals surface area (Å²) < 4.78 is 1.33. The summed E-state index contributed by atoms with van der Waals surface area (Å²) in [5.74, 6) is -0.786. The average Bonchev–Trinajstić information content (AvgIpc) is 3.38. The number of rotatable bonds is 6. The minimum absolute atomic E-state index is 0.108. The number of Topliss-reactive ketones (excluding diaryl/α,β-unsaturated/α-hetero) is 1. The van der Waals surface area contributed by atoms with Crippen molar-refractivity contribution in [2.45, 2.75) is 25.2 Å². The summed E-state index contributed by atoms with van der Waals surface area (Å²) in [6.07, 6.45) is 1.58. The third-order valence-corrected chi connectivity index (χ3v) is 4.91. The Kier molecular flexibility index (Phi) is 5.85. The van der Waals surface area contributed by atoms with E-state index in [0.717, 1.165) is 0 Å². The van der Waals surface area contributed by atoms with Crippen molar-refractivity contribution in [3.05, 3.63) is 58.5 Å². The Hall–Kier alpha value is -3.31. The molecule has 11 heteroatoms. The van der Waals surface area contributed by atoms with Crippen LogP contribution in [0.1, 0.15) is 40.4 Å². The zero-order chi connectivity index (χ0) is 22.1. The molecule has 0 unspecified atom stereocenters. The first kappa shape index (κ1) is 21.4. The van der Waals surface area contributed by atoms with Crippen LogP contribution in [0, 0.1) is 11.3 Å². The summed E-state index contributed by atoms with van der Waals surface area (Å²) in [7, 11) is 12.5. The number of hydrogen-bond acceptors (Lipinski definition) is 5. The number of nitrogens with one attached hydrogen (secondary N) is 2. The molecule has 2 heterocycles. The number of aromatic nitrogens is 4. The quantitative estimate of drug-likeness (QED) is 0.469. The average molecular weight is 416 g/mol. The van der Waals surface area contributed by atoms with E-state index in [4.69, 9.17) is 32.6 Å². The van der Waals surface area contributed by atoms with E-state index in [9.17, 15) is 9.59 Å². The zero-order valence-corrected chi connectivity index (χ0v) is 16.9. The molecule has 3 rings (SSSR count). The van der Waals surface area contributed by atoms with E-state index in [1.807, 2.05) is 6.07 Å². The molecule has 2 aromatic heterocycles. The second-order valence-electron chi connectivity index (χ2n) is 6.76. The maximum atomic E-state index is 12.4. The van der Waals surface area contributed by atoms with Gasteiger partial charge in [-0.1, -0.05) is 17.7 Å². The largest absolute Gasteiger partial charge is 0.347 e. The van der Waals surface area contributed by atoms with E-state index < -0.39 is 17.3 Å². The topological polar surface area (TPSA) is 116 Å². The standard InChI is InChI=1S/C19H15B2ClN6O2/c1-10(29)16-8-17(26-25-16)18(30)24-11(2)19(20,21)28-6-5-15(27-28)12-3-4-13(9-23)14(22)7-12/h3-8,11H,1-2H3,(H,24,30)(H,25,26)/t11-/m0/s1. The molecule has 0 aliphatic carbocycles. The molecule has 0 saturated carbocycles. The Bertz CT molecular complexity index is 1160. The molecule has 0 fully saturated rings. The summed E-state index contributed by atoms with van der Waals surface area (Å²) in [6, 6.07) is 9.21. The van der Waals surface area contributed by atoms with Crippen molar-refractivity contribution in [2.75, 3.05) is 0 Å². The third-order valence-electron chi connectivity index (χ3n) is 4.60. The lowest BCUT2D eigenvalue weighted by Crippen LogP contribution is -2.53. The number of carbonyl (C=O) groups is 2. The highest BCUT2D eigenvalue weighted by atomic mass is 35.5. The molecule has 0 aliphatic rings. The van der Waals surface area contributed by atoms with Crippen LogP contribution in [-0.4, -0.2) is 53.4 Å². The summed E-state index contributed by atoms with van der Waals surface area (Å²) in [5.41, 5.74) is 1.84.